The number of benzene rings is 1. The highest BCUT2D eigenvalue weighted by Gasteiger charge is 2.53. The number of para-hydroxylation sites is 1. The van der Waals surface area contributed by atoms with Gasteiger partial charge in [-0.15, -0.1) is 0 Å². The van der Waals surface area contributed by atoms with Crippen molar-refractivity contribution in [1.29, 1.82) is 0 Å². The van der Waals surface area contributed by atoms with E-state index in [4.69, 9.17) is 4.42 Å². The van der Waals surface area contributed by atoms with Crippen molar-refractivity contribution in [2.75, 3.05) is 59.9 Å². The van der Waals surface area contributed by atoms with E-state index in [2.05, 4.69) is 29.2 Å². The topological polar surface area (TPSA) is 69.0 Å². The zero-order valence-corrected chi connectivity index (χ0v) is 18.4. The number of nitrogens with one attached hydrogen (secondary N) is 1. The maximum absolute atomic E-state index is 13.4. The number of hydrogen-bond acceptors (Lipinski definition) is 5. The highest BCUT2D eigenvalue weighted by Crippen LogP contribution is 2.43. The zero-order chi connectivity index (χ0) is 21.5. The molecule has 2 aromatic rings. The first-order valence-electron chi connectivity index (χ1n) is 10.7. The van der Waals surface area contributed by atoms with Crippen LogP contribution >= 0.6 is 0 Å². The van der Waals surface area contributed by atoms with Crippen LogP contribution in [0.2, 0.25) is 0 Å². The molecule has 4 rings (SSSR count). The molecule has 0 saturated carbocycles. The molecular weight excluding hydrogens is 380 g/mol. The van der Waals surface area contributed by atoms with Gasteiger partial charge in [0.05, 0.1) is 12.1 Å². The van der Waals surface area contributed by atoms with Gasteiger partial charge in [-0.3, -0.25) is 14.5 Å². The van der Waals surface area contributed by atoms with Crippen LogP contribution in [0.25, 0.3) is 11.0 Å². The SMILES string of the molecule is CCNC(=O)CN1C[C@H]2CN(C(=O)c3cccc4cc(C)oc34)C[C@@]2(CN(C)C)C1. The first kappa shape index (κ1) is 20.9. The van der Waals surface area contributed by atoms with Crippen LogP contribution < -0.4 is 5.32 Å². The second-order valence-electron chi connectivity index (χ2n) is 9.19. The van der Waals surface area contributed by atoms with E-state index in [0.717, 1.165) is 30.8 Å². The normalized spacial score (nSPS) is 24.0. The lowest BCUT2D eigenvalue weighted by molar-refractivity contribution is -0.122. The quantitative estimate of drug-likeness (QED) is 0.784. The molecule has 1 N–H and O–H groups in total. The molecule has 2 aliphatic heterocycles. The fourth-order valence-corrected chi connectivity index (χ4v) is 5.41. The van der Waals surface area contributed by atoms with Crippen LogP contribution in [-0.2, 0) is 4.79 Å². The lowest BCUT2D eigenvalue weighted by Gasteiger charge is -2.32. The molecule has 0 bridgehead atoms. The average molecular weight is 413 g/mol. The van der Waals surface area contributed by atoms with Crippen LogP contribution in [-0.4, -0.2) is 86.4 Å². The first-order valence-corrected chi connectivity index (χ1v) is 10.7. The number of likely N-dealkylation sites (tertiary alicyclic amines) is 2. The number of rotatable bonds is 6. The Bertz CT molecular complexity index is 953. The Kier molecular flexibility index (Phi) is 5.59. The molecule has 30 heavy (non-hydrogen) atoms. The van der Waals surface area contributed by atoms with Crippen molar-refractivity contribution in [3.05, 3.63) is 35.6 Å². The minimum Gasteiger partial charge on any atom is -0.461 e. The average Bonchev–Trinajstić information content (AvgIpc) is 3.29. The molecule has 1 aromatic carbocycles. The van der Waals surface area contributed by atoms with E-state index in [-0.39, 0.29) is 17.2 Å². The van der Waals surface area contributed by atoms with Gasteiger partial charge in [0.1, 0.15) is 11.3 Å². The smallest absolute Gasteiger partial charge is 0.257 e. The third kappa shape index (κ3) is 3.84. The number of amides is 2. The Morgan fingerprint density at radius 2 is 2.07 bits per heavy atom. The number of furan rings is 1. The summed E-state index contributed by atoms with van der Waals surface area (Å²) in [6, 6.07) is 7.73. The van der Waals surface area contributed by atoms with Crippen LogP contribution in [0.15, 0.2) is 28.7 Å². The Balaban J connectivity index is 1.54. The van der Waals surface area contributed by atoms with Gasteiger partial charge >= 0.3 is 0 Å². The summed E-state index contributed by atoms with van der Waals surface area (Å²) in [4.78, 5) is 32.0. The summed E-state index contributed by atoms with van der Waals surface area (Å²) in [6.07, 6.45) is 0. The molecule has 0 unspecified atom stereocenters. The highest BCUT2D eigenvalue weighted by molar-refractivity contribution is 6.05. The third-order valence-electron chi connectivity index (χ3n) is 6.39. The molecule has 7 heteroatoms. The predicted octanol–water partition coefficient (Wildman–Crippen LogP) is 1.81. The van der Waals surface area contributed by atoms with Crippen LogP contribution in [0.3, 0.4) is 0 Å². The van der Waals surface area contributed by atoms with Gasteiger partial charge in [0.2, 0.25) is 5.91 Å². The number of carbonyl (C=O) groups excluding carboxylic acids is 2. The molecule has 2 fully saturated rings. The van der Waals surface area contributed by atoms with E-state index >= 15 is 0 Å². The molecule has 0 aliphatic carbocycles. The fraction of sp³-hybridized carbons (Fsp3) is 0.565. The second kappa shape index (κ2) is 8.04. The van der Waals surface area contributed by atoms with E-state index in [1.807, 2.05) is 43.0 Å². The van der Waals surface area contributed by atoms with Gasteiger partial charge in [0.15, 0.2) is 0 Å². The van der Waals surface area contributed by atoms with E-state index in [9.17, 15) is 9.59 Å². The van der Waals surface area contributed by atoms with Crippen molar-refractivity contribution >= 4 is 22.8 Å². The molecular formula is C23H32N4O3. The lowest BCUT2D eigenvalue weighted by Crippen LogP contribution is -2.44. The first-order chi connectivity index (χ1) is 14.3. The highest BCUT2D eigenvalue weighted by atomic mass is 16.3. The van der Waals surface area contributed by atoms with Crippen LogP contribution in [0, 0.1) is 18.3 Å². The monoisotopic (exact) mass is 412 g/mol. The number of aryl methyl sites for hydroxylation is 1. The van der Waals surface area contributed by atoms with Gasteiger partial charge in [-0.1, -0.05) is 12.1 Å². The van der Waals surface area contributed by atoms with Gasteiger partial charge in [0.25, 0.3) is 5.91 Å². The summed E-state index contributed by atoms with van der Waals surface area (Å²) >= 11 is 0. The predicted molar refractivity (Wildman–Crippen MR) is 116 cm³/mol. The number of nitrogens with zero attached hydrogens (tertiary/aromatic N) is 3. The number of fused-ring (bicyclic) bond motifs is 2. The number of likely N-dealkylation sites (N-methyl/N-ethyl adjacent to an activating group) is 1. The lowest BCUT2D eigenvalue weighted by atomic mass is 9.80. The maximum atomic E-state index is 13.4. The summed E-state index contributed by atoms with van der Waals surface area (Å²) in [5.74, 6) is 1.28. The van der Waals surface area contributed by atoms with E-state index in [1.54, 1.807) is 0 Å². The molecule has 1 aromatic heterocycles. The van der Waals surface area contributed by atoms with Crippen LogP contribution in [0.4, 0.5) is 0 Å². The van der Waals surface area contributed by atoms with Crippen molar-refractivity contribution in [2.24, 2.45) is 11.3 Å². The molecule has 2 saturated heterocycles. The van der Waals surface area contributed by atoms with Gasteiger partial charge in [-0.2, -0.15) is 0 Å². The van der Waals surface area contributed by atoms with Gasteiger partial charge in [-0.25, -0.2) is 0 Å². The summed E-state index contributed by atoms with van der Waals surface area (Å²) in [5, 5.41) is 3.86. The van der Waals surface area contributed by atoms with Gasteiger partial charge in [-0.05, 0) is 46.0 Å². The fourth-order valence-electron chi connectivity index (χ4n) is 5.41. The van der Waals surface area contributed by atoms with E-state index in [1.165, 1.54) is 0 Å². The van der Waals surface area contributed by atoms with Crippen LogP contribution in [0.1, 0.15) is 23.0 Å². The molecule has 2 amide bonds. The summed E-state index contributed by atoms with van der Waals surface area (Å²) < 4.78 is 5.84. The number of hydrogen-bond donors (Lipinski definition) is 1. The molecule has 0 spiro atoms. The second-order valence-corrected chi connectivity index (χ2v) is 9.19. The molecule has 162 valence electrons. The minimum atomic E-state index is -0.0152. The molecule has 7 nitrogen and oxygen atoms in total. The van der Waals surface area contributed by atoms with Crippen molar-refractivity contribution in [3.63, 3.8) is 0 Å². The Morgan fingerprint density at radius 1 is 1.27 bits per heavy atom. The van der Waals surface area contributed by atoms with Gasteiger partial charge in [0, 0.05) is 50.1 Å². The van der Waals surface area contributed by atoms with E-state index < -0.39 is 0 Å². The van der Waals surface area contributed by atoms with Crippen molar-refractivity contribution < 1.29 is 14.0 Å². The van der Waals surface area contributed by atoms with Crippen molar-refractivity contribution in [2.45, 2.75) is 13.8 Å². The van der Waals surface area contributed by atoms with Gasteiger partial charge < -0.3 is 19.5 Å². The minimum absolute atomic E-state index is 0.0152. The number of carbonyl (C=O) groups is 2. The largest absolute Gasteiger partial charge is 0.461 e. The zero-order valence-electron chi connectivity index (χ0n) is 18.4. The third-order valence-corrected chi connectivity index (χ3v) is 6.39. The summed E-state index contributed by atoms with van der Waals surface area (Å²) in [5.41, 5.74) is 1.30. The van der Waals surface area contributed by atoms with E-state index in [0.29, 0.717) is 43.2 Å². The summed E-state index contributed by atoms with van der Waals surface area (Å²) in [7, 11) is 4.16. The molecule has 0 radical (unpaired) electrons. The molecule has 2 aliphatic rings. The Hall–Kier alpha value is -2.38. The Labute approximate surface area is 178 Å². The Morgan fingerprint density at radius 3 is 2.80 bits per heavy atom. The maximum Gasteiger partial charge on any atom is 0.257 e. The standard InChI is InChI=1S/C23H32N4O3/c1-5-24-20(28)12-26-10-18-11-27(15-23(18,14-26)13-25(3)4)22(29)19-8-6-7-17-9-16(2)30-21(17)19/h6-9,18H,5,10-15H2,1-4H3,(H,24,28)/t18-,23+/m0/s1. The van der Waals surface area contributed by atoms with Crippen molar-refractivity contribution in [1.82, 2.24) is 20.0 Å². The van der Waals surface area contributed by atoms with Crippen molar-refractivity contribution in [3.8, 4) is 0 Å². The molecule has 3 heterocycles. The molecule has 2 atom stereocenters. The summed E-state index contributed by atoms with van der Waals surface area (Å²) in [6.45, 7) is 8.93. The van der Waals surface area contributed by atoms with Crippen LogP contribution in [0.5, 0.6) is 0 Å².